The molecule has 50 heavy (non-hydrogen) atoms. The minimum absolute atomic E-state index is 0.619. The van der Waals surface area contributed by atoms with E-state index in [0.717, 1.165) is 82.8 Å². The van der Waals surface area contributed by atoms with E-state index in [0.29, 0.717) is 17.5 Å². The Bertz CT molecular complexity index is 2810. The second-order valence-electron chi connectivity index (χ2n) is 12.4. The topological polar surface area (TPSA) is 65.0 Å². The molecule has 0 aliphatic rings. The lowest BCUT2D eigenvalue weighted by molar-refractivity contribution is 0.668. The highest BCUT2D eigenvalue weighted by Crippen LogP contribution is 2.42. The number of fused-ring (bicyclic) bond motifs is 6. The Morgan fingerprint density at radius 2 is 0.860 bits per heavy atom. The fourth-order valence-electron chi connectivity index (χ4n) is 6.97. The Morgan fingerprint density at radius 3 is 1.64 bits per heavy atom. The van der Waals surface area contributed by atoms with Gasteiger partial charge in [-0.15, -0.1) is 0 Å². The summed E-state index contributed by atoms with van der Waals surface area (Å²) in [6.07, 6.45) is 0. The highest BCUT2D eigenvalue weighted by atomic mass is 16.3. The van der Waals surface area contributed by atoms with Crippen LogP contribution in [0.25, 0.3) is 100 Å². The molecule has 0 N–H and O–H groups in total. The van der Waals surface area contributed by atoms with Gasteiger partial charge in [-0.3, -0.25) is 0 Å². The van der Waals surface area contributed by atoms with Gasteiger partial charge in [0.05, 0.1) is 0 Å². The number of para-hydroxylation sites is 2. The maximum absolute atomic E-state index is 6.67. The Labute approximate surface area is 287 Å². The van der Waals surface area contributed by atoms with Crippen molar-refractivity contribution in [3.63, 3.8) is 0 Å². The molecule has 0 fully saturated rings. The monoisotopic (exact) mass is 641 g/mol. The van der Waals surface area contributed by atoms with Gasteiger partial charge in [0, 0.05) is 43.8 Å². The van der Waals surface area contributed by atoms with Gasteiger partial charge in [0.25, 0.3) is 0 Å². The first-order valence-corrected chi connectivity index (χ1v) is 16.6. The van der Waals surface area contributed by atoms with E-state index in [1.54, 1.807) is 0 Å². The average Bonchev–Trinajstić information content (AvgIpc) is 3.77. The van der Waals surface area contributed by atoms with Gasteiger partial charge in [-0.25, -0.2) is 15.0 Å². The molecule has 0 spiro atoms. The second kappa shape index (κ2) is 11.4. The van der Waals surface area contributed by atoms with E-state index in [9.17, 15) is 0 Å². The first-order valence-electron chi connectivity index (χ1n) is 16.6. The molecule has 5 nitrogen and oxygen atoms in total. The SMILES string of the molecule is c1ccc(-c2nc(-c3ccccc3)nc(-c3cccc(-c4cccc5oc6c(-c7ccc8oc9ccccc9c8c7)cccc6c45)c3)n2)cc1. The summed E-state index contributed by atoms with van der Waals surface area (Å²) >= 11 is 0. The van der Waals surface area contributed by atoms with Crippen molar-refractivity contribution in [2.45, 2.75) is 0 Å². The van der Waals surface area contributed by atoms with Crippen molar-refractivity contribution in [3.05, 3.63) is 164 Å². The van der Waals surface area contributed by atoms with E-state index in [1.165, 1.54) is 0 Å². The van der Waals surface area contributed by atoms with Crippen LogP contribution in [0.3, 0.4) is 0 Å². The molecule has 0 unspecified atom stereocenters. The molecule has 10 aromatic rings. The number of hydrogen-bond donors (Lipinski definition) is 0. The normalized spacial score (nSPS) is 11.6. The third-order valence-corrected chi connectivity index (χ3v) is 9.34. The third-order valence-electron chi connectivity index (χ3n) is 9.34. The molecule has 10 rings (SSSR count). The Hall–Kier alpha value is -6.85. The summed E-state index contributed by atoms with van der Waals surface area (Å²) in [4.78, 5) is 14.8. The maximum Gasteiger partial charge on any atom is 0.164 e. The van der Waals surface area contributed by atoms with Crippen LogP contribution < -0.4 is 0 Å². The van der Waals surface area contributed by atoms with Crippen molar-refractivity contribution < 1.29 is 8.83 Å². The quantitative estimate of drug-likeness (QED) is 0.187. The minimum Gasteiger partial charge on any atom is -0.456 e. The lowest BCUT2D eigenvalue weighted by Crippen LogP contribution is -2.00. The van der Waals surface area contributed by atoms with Crippen LogP contribution >= 0.6 is 0 Å². The fraction of sp³-hybridized carbons (Fsp3) is 0. The molecule has 3 heterocycles. The third kappa shape index (κ3) is 4.67. The van der Waals surface area contributed by atoms with Gasteiger partial charge in [0.2, 0.25) is 0 Å². The minimum atomic E-state index is 0.619. The smallest absolute Gasteiger partial charge is 0.164 e. The predicted molar refractivity (Wildman–Crippen MR) is 202 cm³/mol. The summed E-state index contributed by atoms with van der Waals surface area (Å²) in [7, 11) is 0. The van der Waals surface area contributed by atoms with Gasteiger partial charge in [0.1, 0.15) is 22.3 Å². The van der Waals surface area contributed by atoms with Crippen LogP contribution in [0.4, 0.5) is 0 Å². The molecule has 3 aromatic heterocycles. The Kier molecular flexibility index (Phi) is 6.42. The van der Waals surface area contributed by atoms with Crippen LogP contribution in [0.2, 0.25) is 0 Å². The zero-order valence-corrected chi connectivity index (χ0v) is 26.7. The largest absolute Gasteiger partial charge is 0.456 e. The van der Waals surface area contributed by atoms with E-state index in [2.05, 4.69) is 78.9 Å². The van der Waals surface area contributed by atoms with Crippen LogP contribution in [0.15, 0.2) is 173 Å². The Balaban J connectivity index is 1.12. The molecule has 234 valence electrons. The number of rotatable bonds is 5. The zero-order chi connectivity index (χ0) is 33.0. The lowest BCUT2D eigenvalue weighted by Gasteiger charge is -2.10. The molecule has 0 amide bonds. The summed E-state index contributed by atoms with van der Waals surface area (Å²) in [5, 5.41) is 4.33. The molecular weight excluding hydrogens is 615 g/mol. The van der Waals surface area contributed by atoms with Crippen LogP contribution in [0.5, 0.6) is 0 Å². The van der Waals surface area contributed by atoms with Gasteiger partial charge in [0.15, 0.2) is 17.5 Å². The van der Waals surface area contributed by atoms with E-state index in [4.69, 9.17) is 23.8 Å². The first kappa shape index (κ1) is 28.2. The van der Waals surface area contributed by atoms with Crippen molar-refractivity contribution in [3.8, 4) is 56.4 Å². The number of benzene rings is 7. The van der Waals surface area contributed by atoms with Gasteiger partial charge in [-0.05, 0) is 47.0 Å². The summed E-state index contributed by atoms with van der Waals surface area (Å²) in [6, 6.07) is 55.7. The molecule has 0 bridgehead atoms. The second-order valence-corrected chi connectivity index (χ2v) is 12.4. The molecule has 5 heteroatoms. The van der Waals surface area contributed by atoms with Gasteiger partial charge >= 0.3 is 0 Å². The molecule has 0 saturated heterocycles. The molecular formula is C45H27N3O2. The van der Waals surface area contributed by atoms with Crippen molar-refractivity contribution in [1.82, 2.24) is 15.0 Å². The average molecular weight is 642 g/mol. The zero-order valence-electron chi connectivity index (χ0n) is 26.7. The molecule has 0 radical (unpaired) electrons. The first-order chi connectivity index (χ1) is 24.8. The summed E-state index contributed by atoms with van der Waals surface area (Å²) in [6.45, 7) is 0. The fourth-order valence-corrected chi connectivity index (χ4v) is 6.97. The lowest BCUT2D eigenvalue weighted by atomic mass is 9.96. The molecule has 0 saturated carbocycles. The van der Waals surface area contributed by atoms with Crippen molar-refractivity contribution in [2.24, 2.45) is 0 Å². The van der Waals surface area contributed by atoms with Crippen LogP contribution in [-0.4, -0.2) is 15.0 Å². The van der Waals surface area contributed by atoms with E-state index in [-0.39, 0.29) is 0 Å². The van der Waals surface area contributed by atoms with Crippen LogP contribution in [0, 0.1) is 0 Å². The van der Waals surface area contributed by atoms with Crippen molar-refractivity contribution in [2.75, 3.05) is 0 Å². The molecule has 7 aromatic carbocycles. The number of nitrogens with zero attached hydrogens (tertiary/aromatic N) is 3. The van der Waals surface area contributed by atoms with Gasteiger partial charge < -0.3 is 8.83 Å². The summed E-state index contributed by atoms with van der Waals surface area (Å²) < 4.78 is 12.8. The standard InChI is InChI=1S/C45H27N3O2/c1-3-12-28(13-4-1)43-46-44(29-14-5-2-6-15-29)48-45(47-43)32-17-9-16-30(26-32)33-19-11-23-40-41(33)36-21-10-20-34(42(36)50-40)31-24-25-39-37(27-31)35-18-7-8-22-38(35)49-39/h1-27H. The maximum atomic E-state index is 6.67. The highest BCUT2D eigenvalue weighted by molar-refractivity contribution is 6.16. The molecule has 0 aliphatic carbocycles. The number of furan rings is 2. The van der Waals surface area contributed by atoms with Gasteiger partial charge in [-0.1, -0.05) is 133 Å². The van der Waals surface area contributed by atoms with Crippen LogP contribution in [-0.2, 0) is 0 Å². The van der Waals surface area contributed by atoms with E-state index in [1.807, 2.05) is 84.9 Å². The van der Waals surface area contributed by atoms with Crippen molar-refractivity contribution >= 4 is 43.9 Å². The number of hydrogen-bond acceptors (Lipinski definition) is 5. The summed E-state index contributed by atoms with van der Waals surface area (Å²) in [5.74, 6) is 1.89. The molecule has 0 aliphatic heterocycles. The van der Waals surface area contributed by atoms with Crippen molar-refractivity contribution in [1.29, 1.82) is 0 Å². The van der Waals surface area contributed by atoms with Gasteiger partial charge in [-0.2, -0.15) is 0 Å². The van der Waals surface area contributed by atoms with Crippen LogP contribution in [0.1, 0.15) is 0 Å². The number of aromatic nitrogens is 3. The van der Waals surface area contributed by atoms with E-state index >= 15 is 0 Å². The highest BCUT2D eigenvalue weighted by Gasteiger charge is 2.18. The predicted octanol–water partition coefficient (Wildman–Crippen LogP) is 12.0. The molecule has 0 atom stereocenters. The summed E-state index contributed by atoms with van der Waals surface area (Å²) in [5.41, 5.74) is 10.5. The van der Waals surface area contributed by atoms with E-state index < -0.39 is 0 Å². The Morgan fingerprint density at radius 1 is 0.320 bits per heavy atom.